The molecule has 1 atom stereocenters. The average molecular weight is 440 g/mol. The molecule has 0 bridgehead atoms. The molecule has 1 aliphatic rings. The Balaban J connectivity index is 1.48. The van der Waals surface area contributed by atoms with Crippen molar-refractivity contribution in [3.8, 4) is 11.5 Å². The number of hydrogen-bond donors (Lipinski definition) is 0. The highest BCUT2D eigenvalue weighted by Gasteiger charge is 2.31. The zero-order valence-electron chi connectivity index (χ0n) is 18.3. The fourth-order valence-electron chi connectivity index (χ4n) is 4.22. The van der Waals surface area contributed by atoms with Crippen molar-refractivity contribution < 1.29 is 13.2 Å². The highest BCUT2D eigenvalue weighted by Crippen LogP contribution is 2.29. The molecule has 164 valence electrons. The van der Waals surface area contributed by atoms with Gasteiger partial charge in [0.05, 0.1) is 23.2 Å². The number of sulfone groups is 1. The molecule has 0 saturated carbocycles. The van der Waals surface area contributed by atoms with E-state index in [1.54, 1.807) is 0 Å². The molecule has 2 heterocycles. The molecule has 4 rings (SSSR count). The van der Waals surface area contributed by atoms with Crippen molar-refractivity contribution in [3.63, 3.8) is 0 Å². The first-order valence-corrected chi connectivity index (χ1v) is 12.4. The van der Waals surface area contributed by atoms with Crippen LogP contribution in [0, 0.1) is 13.8 Å². The molecule has 31 heavy (non-hydrogen) atoms. The lowest BCUT2D eigenvalue weighted by molar-refractivity contribution is 0.312. The zero-order chi connectivity index (χ0) is 22.0. The molecule has 1 saturated heterocycles. The maximum absolute atomic E-state index is 11.9. The third-order valence-corrected chi connectivity index (χ3v) is 7.59. The van der Waals surface area contributed by atoms with E-state index in [-0.39, 0.29) is 17.5 Å². The third-order valence-electron chi connectivity index (χ3n) is 5.84. The van der Waals surface area contributed by atoms with Gasteiger partial charge in [0.25, 0.3) is 0 Å². The molecule has 0 spiro atoms. The van der Waals surface area contributed by atoms with Crippen molar-refractivity contribution >= 4 is 9.84 Å². The predicted octanol–water partition coefficient (Wildman–Crippen LogP) is 4.28. The second-order valence-electron chi connectivity index (χ2n) is 8.35. The minimum Gasteiger partial charge on any atom is -0.457 e. The van der Waals surface area contributed by atoms with Crippen LogP contribution in [0.15, 0.2) is 54.6 Å². The van der Waals surface area contributed by atoms with E-state index < -0.39 is 9.84 Å². The van der Waals surface area contributed by atoms with Gasteiger partial charge in [-0.2, -0.15) is 5.10 Å². The maximum atomic E-state index is 11.9. The average Bonchev–Trinajstić information content (AvgIpc) is 3.23. The molecule has 1 aromatic heterocycles. The van der Waals surface area contributed by atoms with E-state index in [1.165, 1.54) is 0 Å². The Labute approximate surface area is 184 Å². The number of ether oxygens (including phenoxy) is 1. The Hall–Kier alpha value is -2.64. The Bertz CT molecular complexity index is 1160. The van der Waals surface area contributed by atoms with Gasteiger partial charge in [0.1, 0.15) is 11.5 Å². The quantitative estimate of drug-likeness (QED) is 0.550. The smallest absolute Gasteiger partial charge is 0.152 e. The van der Waals surface area contributed by atoms with E-state index in [1.807, 2.05) is 67.1 Å². The van der Waals surface area contributed by atoms with Gasteiger partial charge in [-0.15, -0.1) is 0 Å². The van der Waals surface area contributed by atoms with Gasteiger partial charge in [-0.05, 0) is 45.5 Å². The first-order valence-electron chi connectivity index (χ1n) is 10.6. The van der Waals surface area contributed by atoms with E-state index in [0.29, 0.717) is 6.42 Å². The van der Waals surface area contributed by atoms with Crippen LogP contribution in [-0.4, -0.2) is 41.7 Å². The first-order chi connectivity index (χ1) is 14.8. The number of para-hydroxylation sites is 2. The van der Waals surface area contributed by atoms with Crippen LogP contribution in [0.5, 0.6) is 11.5 Å². The summed E-state index contributed by atoms with van der Waals surface area (Å²) in [5, 5.41) is 4.69. The highest BCUT2D eigenvalue weighted by atomic mass is 32.2. The van der Waals surface area contributed by atoms with Crippen molar-refractivity contribution in [1.82, 2.24) is 14.7 Å². The number of nitrogens with zero attached hydrogens (tertiary/aromatic N) is 3. The summed E-state index contributed by atoms with van der Waals surface area (Å²) in [7, 11) is -0.865. The molecular weight excluding hydrogens is 410 g/mol. The Kier molecular flexibility index (Phi) is 6.16. The zero-order valence-corrected chi connectivity index (χ0v) is 19.1. The number of benzene rings is 2. The van der Waals surface area contributed by atoms with Crippen molar-refractivity contribution in [2.45, 2.75) is 39.4 Å². The summed E-state index contributed by atoms with van der Waals surface area (Å²) in [6.07, 6.45) is 0.643. The van der Waals surface area contributed by atoms with Crippen LogP contribution >= 0.6 is 0 Å². The molecule has 0 aliphatic carbocycles. The Morgan fingerprint density at radius 2 is 1.77 bits per heavy atom. The number of rotatable bonds is 7. The van der Waals surface area contributed by atoms with Gasteiger partial charge in [0.2, 0.25) is 0 Å². The van der Waals surface area contributed by atoms with Gasteiger partial charge in [0.15, 0.2) is 9.84 Å². The van der Waals surface area contributed by atoms with Gasteiger partial charge in [-0.25, -0.2) is 8.42 Å². The molecule has 1 aliphatic heterocycles. The molecule has 0 radical (unpaired) electrons. The van der Waals surface area contributed by atoms with Gasteiger partial charge < -0.3 is 4.74 Å². The summed E-state index contributed by atoms with van der Waals surface area (Å²) in [5.41, 5.74) is 4.29. The van der Waals surface area contributed by atoms with Gasteiger partial charge >= 0.3 is 0 Å². The highest BCUT2D eigenvalue weighted by molar-refractivity contribution is 7.91. The summed E-state index contributed by atoms with van der Waals surface area (Å²) < 4.78 is 31.8. The molecule has 1 fully saturated rings. The van der Waals surface area contributed by atoms with Gasteiger partial charge in [-0.1, -0.05) is 36.4 Å². The topological polar surface area (TPSA) is 64.4 Å². The molecule has 0 amide bonds. The summed E-state index contributed by atoms with van der Waals surface area (Å²) in [4.78, 5) is 2.24. The molecular formula is C24H29N3O3S. The van der Waals surface area contributed by atoms with E-state index in [9.17, 15) is 8.42 Å². The SMILES string of the molecule is Cc1nn([C@@H]2CCS(=O)(=O)C2)c(C)c1CN(C)Cc1ccccc1Oc1ccccc1. The second kappa shape index (κ2) is 8.85. The van der Waals surface area contributed by atoms with E-state index in [0.717, 1.165) is 47.1 Å². The van der Waals surface area contributed by atoms with Crippen LogP contribution in [0.25, 0.3) is 0 Å². The molecule has 0 N–H and O–H groups in total. The minimum absolute atomic E-state index is 0.0530. The molecule has 0 unspecified atom stereocenters. The number of aromatic nitrogens is 2. The predicted molar refractivity (Wildman–Crippen MR) is 122 cm³/mol. The van der Waals surface area contributed by atoms with Gasteiger partial charge in [-0.3, -0.25) is 9.58 Å². The van der Waals surface area contributed by atoms with Crippen molar-refractivity contribution in [2.24, 2.45) is 0 Å². The normalized spacial score (nSPS) is 17.9. The van der Waals surface area contributed by atoms with E-state index >= 15 is 0 Å². The maximum Gasteiger partial charge on any atom is 0.152 e. The second-order valence-corrected chi connectivity index (χ2v) is 10.6. The molecule has 3 aromatic rings. The van der Waals surface area contributed by atoms with Crippen LogP contribution < -0.4 is 4.74 Å². The molecule has 6 nitrogen and oxygen atoms in total. The Morgan fingerprint density at radius 1 is 1.06 bits per heavy atom. The largest absolute Gasteiger partial charge is 0.457 e. The van der Waals surface area contributed by atoms with Crippen LogP contribution in [0.1, 0.15) is 35.0 Å². The van der Waals surface area contributed by atoms with Crippen LogP contribution in [0.2, 0.25) is 0 Å². The van der Waals surface area contributed by atoms with Crippen LogP contribution in [0.3, 0.4) is 0 Å². The molecule has 7 heteroatoms. The minimum atomic E-state index is -2.94. The lowest BCUT2D eigenvalue weighted by atomic mass is 10.1. The van der Waals surface area contributed by atoms with Crippen LogP contribution in [0.4, 0.5) is 0 Å². The van der Waals surface area contributed by atoms with Crippen molar-refractivity contribution in [2.75, 3.05) is 18.6 Å². The van der Waals surface area contributed by atoms with E-state index in [2.05, 4.69) is 18.0 Å². The number of aryl methyl sites for hydroxylation is 1. The standard InChI is InChI=1S/C24H29N3O3S/c1-18-23(19(2)27(25-18)21-13-14-31(28,29)17-21)16-26(3)15-20-9-7-8-12-24(20)30-22-10-5-4-6-11-22/h4-12,21H,13-17H2,1-3H3/t21-/m1/s1. The summed E-state index contributed by atoms with van der Waals surface area (Å²) in [5.74, 6) is 2.11. The fourth-order valence-corrected chi connectivity index (χ4v) is 5.91. The lowest BCUT2D eigenvalue weighted by Crippen LogP contribution is -2.19. The van der Waals surface area contributed by atoms with Crippen molar-refractivity contribution in [1.29, 1.82) is 0 Å². The monoisotopic (exact) mass is 439 g/mol. The third kappa shape index (κ3) is 4.99. The summed E-state index contributed by atoms with van der Waals surface area (Å²) in [6.45, 7) is 5.50. The first kappa shape index (κ1) is 21.6. The van der Waals surface area contributed by atoms with Crippen LogP contribution in [-0.2, 0) is 22.9 Å². The number of hydrogen-bond acceptors (Lipinski definition) is 5. The van der Waals surface area contributed by atoms with E-state index in [4.69, 9.17) is 9.84 Å². The summed E-state index contributed by atoms with van der Waals surface area (Å²) >= 11 is 0. The van der Waals surface area contributed by atoms with Gasteiger partial charge in [0, 0.05) is 29.9 Å². The molecule has 2 aromatic carbocycles. The lowest BCUT2D eigenvalue weighted by Gasteiger charge is -2.19. The fraction of sp³-hybridized carbons (Fsp3) is 0.375. The summed E-state index contributed by atoms with van der Waals surface area (Å²) in [6, 6.07) is 17.8. The van der Waals surface area contributed by atoms with Crippen molar-refractivity contribution in [3.05, 3.63) is 77.1 Å². The Morgan fingerprint density at radius 3 is 2.48 bits per heavy atom.